The molecule has 7 nitrogen and oxygen atoms in total. The van der Waals surface area contributed by atoms with Gasteiger partial charge in [0.15, 0.2) is 0 Å². The molecule has 140 valence electrons. The Labute approximate surface area is 152 Å². The number of nitrogens with zero attached hydrogens (tertiary/aromatic N) is 2. The van der Waals surface area contributed by atoms with Crippen molar-refractivity contribution in [2.45, 2.75) is 32.2 Å². The molecule has 1 atom stereocenters. The summed E-state index contributed by atoms with van der Waals surface area (Å²) in [4.78, 5) is 40.3. The molecule has 0 spiro atoms. The summed E-state index contributed by atoms with van der Waals surface area (Å²) in [5, 5.41) is 0. The van der Waals surface area contributed by atoms with Crippen molar-refractivity contribution >= 4 is 23.5 Å². The second-order valence-corrected chi connectivity index (χ2v) is 6.47. The highest BCUT2D eigenvalue weighted by molar-refractivity contribution is 6.22. The summed E-state index contributed by atoms with van der Waals surface area (Å²) < 4.78 is 10.5. The third-order valence-corrected chi connectivity index (χ3v) is 4.70. The molecule has 2 aliphatic heterocycles. The van der Waals surface area contributed by atoms with Crippen LogP contribution in [0.2, 0.25) is 0 Å². The predicted octanol–water partition coefficient (Wildman–Crippen LogP) is 1.61. The van der Waals surface area contributed by atoms with Gasteiger partial charge in [0.25, 0.3) is 5.91 Å². The Kier molecular flexibility index (Phi) is 6.00. The third-order valence-electron chi connectivity index (χ3n) is 4.70. The van der Waals surface area contributed by atoms with Crippen LogP contribution in [-0.2, 0) is 19.1 Å². The molecule has 0 aliphatic carbocycles. The number of esters is 1. The van der Waals surface area contributed by atoms with E-state index in [0.717, 1.165) is 12.8 Å². The minimum atomic E-state index is -0.426. The van der Waals surface area contributed by atoms with Gasteiger partial charge in [0.1, 0.15) is 0 Å². The number of morpholine rings is 1. The number of benzene rings is 1. The molecule has 7 heteroatoms. The number of carbonyl (C=O) groups is 3. The number of amides is 2. The first-order valence-corrected chi connectivity index (χ1v) is 9.07. The Morgan fingerprint density at radius 1 is 1.19 bits per heavy atom. The van der Waals surface area contributed by atoms with Crippen molar-refractivity contribution in [1.29, 1.82) is 0 Å². The highest BCUT2D eigenvalue weighted by Gasteiger charge is 2.42. The third kappa shape index (κ3) is 3.94. The smallest absolute Gasteiger partial charge is 0.338 e. The lowest BCUT2D eigenvalue weighted by molar-refractivity contribution is -0.123. The largest absolute Gasteiger partial charge is 0.462 e. The van der Waals surface area contributed by atoms with Crippen molar-refractivity contribution in [3.8, 4) is 0 Å². The van der Waals surface area contributed by atoms with Crippen LogP contribution in [0.5, 0.6) is 0 Å². The van der Waals surface area contributed by atoms with Crippen molar-refractivity contribution < 1.29 is 23.9 Å². The molecule has 2 fully saturated rings. The molecule has 3 rings (SSSR count). The van der Waals surface area contributed by atoms with Gasteiger partial charge < -0.3 is 9.47 Å². The lowest BCUT2D eigenvalue weighted by Gasteiger charge is -2.30. The standard InChI is InChI=1S/C19H24N2O5/c1-2-3-10-26-19(24)14-4-6-15(7-5-14)21-17(22)13-16(18(21)23)20-8-11-25-12-9-20/h4-7,16H,2-3,8-13H2,1H3/t16-/m0/s1. The summed E-state index contributed by atoms with van der Waals surface area (Å²) in [5.41, 5.74) is 0.898. The Morgan fingerprint density at radius 3 is 2.54 bits per heavy atom. The van der Waals surface area contributed by atoms with E-state index in [1.54, 1.807) is 24.3 Å². The second kappa shape index (κ2) is 8.42. The van der Waals surface area contributed by atoms with E-state index in [0.29, 0.717) is 44.2 Å². The molecule has 0 unspecified atom stereocenters. The van der Waals surface area contributed by atoms with Gasteiger partial charge in [-0.1, -0.05) is 13.3 Å². The minimum absolute atomic E-state index is 0.180. The molecule has 2 aliphatic rings. The molecule has 0 aromatic heterocycles. The molecule has 2 saturated heterocycles. The Balaban J connectivity index is 1.67. The predicted molar refractivity (Wildman–Crippen MR) is 94.9 cm³/mol. The molecule has 26 heavy (non-hydrogen) atoms. The summed E-state index contributed by atoms with van der Waals surface area (Å²) in [7, 11) is 0. The van der Waals surface area contributed by atoms with Crippen LogP contribution in [-0.4, -0.2) is 61.6 Å². The van der Waals surface area contributed by atoms with Crippen LogP contribution < -0.4 is 4.90 Å². The average Bonchev–Trinajstić information content (AvgIpc) is 2.97. The van der Waals surface area contributed by atoms with Gasteiger partial charge in [-0.05, 0) is 30.7 Å². The summed E-state index contributed by atoms with van der Waals surface area (Å²) >= 11 is 0. The van der Waals surface area contributed by atoms with E-state index in [-0.39, 0.29) is 18.2 Å². The zero-order valence-electron chi connectivity index (χ0n) is 15.0. The van der Waals surface area contributed by atoms with Gasteiger partial charge in [-0.2, -0.15) is 0 Å². The lowest BCUT2D eigenvalue weighted by Crippen LogP contribution is -2.47. The van der Waals surface area contributed by atoms with Crippen molar-refractivity contribution in [2.75, 3.05) is 37.8 Å². The first-order chi connectivity index (χ1) is 12.6. The van der Waals surface area contributed by atoms with E-state index in [9.17, 15) is 14.4 Å². The number of unbranched alkanes of at least 4 members (excludes halogenated alkanes) is 1. The molecule has 0 N–H and O–H groups in total. The fraction of sp³-hybridized carbons (Fsp3) is 0.526. The maximum Gasteiger partial charge on any atom is 0.338 e. The molecule has 2 heterocycles. The van der Waals surface area contributed by atoms with Crippen LogP contribution >= 0.6 is 0 Å². The van der Waals surface area contributed by atoms with Gasteiger partial charge in [0.05, 0.1) is 43.5 Å². The summed E-state index contributed by atoms with van der Waals surface area (Å²) in [6.45, 7) is 4.87. The Hall–Kier alpha value is -2.25. The first kappa shape index (κ1) is 18.5. The van der Waals surface area contributed by atoms with Crippen LogP contribution in [0.25, 0.3) is 0 Å². The van der Waals surface area contributed by atoms with Gasteiger partial charge >= 0.3 is 5.97 Å². The van der Waals surface area contributed by atoms with Crippen LogP contribution in [0.1, 0.15) is 36.5 Å². The number of hydrogen-bond donors (Lipinski definition) is 0. The van der Waals surface area contributed by atoms with Gasteiger partial charge in [-0.15, -0.1) is 0 Å². The number of imide groups is 1. The molecular formula is C19H24N2O5. The Morgan fingerprint density at radius 2 is 1.88 bits per heavy atom. The molecule has 0 bridgehead atoms. The maximum absolute atomic E-state index is 12.7. The van der Waals surface area contributed by atoms with E-state index in [1.807, 2.05) is 11.8 Å². The highest BCUT2D eigenvalue weighted by atomic mass is 16.5. The van der Waals surface area contributed by atoms with E-state index < -0.39 is 12.0 Å². The monoisotopic (exact) mass is 360 g/mol. The normalized spacial score (nSPS) is 21.3. The Bertz CT molecular complexity index is 667. The zero-order chi connectivity index (χ0) is 18.5. The second-order valence-electron chi connectivity index (χ2n) is 6.47. The maximum atomic E-state index is 12.7. The molecule has 2 amide bonds. The quantitative estimate of drug-likeness (QED) is 0.436. The number of ether oxygens (including phenoxy) is 2. The van der Waals surface area contributed by atoms with Crippen molar-refractivity contribution in [3.63, 3.8) is 0 Å². The van der Waals surface area contributed by atoms with Crippen LogP contribution in [0.4, 0.5) is 5.69 Å². The van der Waals surface area contributed by atoms with Crippen molar-refractivity contribution in [2.24, 2.45) is 0 Å². The number of carbonyl (C=O) groups excluding carboxylic acids is 3. The molecule has 1 aromatic carbocycles. The lowest BCUT2D eigenvalue weighted by atomic mass is 10.2. The van der Waals surface area contributed by atoms with E-state index in [4.69, 9.17) is 9.47 Å². The van der Waals surface area contributed by atoms with E-state index in [2.05, 4.69) is 0 Å². The minimum Gasteiger partial charge on any atom is -0.462 e. The van der Waals surface area contributed by atoms with Gasteiger partial charge in [-0.25, -0.2) is 9.69 Å². The molecule has 0 saturated carbocycles. The van der Waals surface area contributed by atoms with Gasteiger partial charge in [0.2, 0.25) is 5.91 Å². The number of hydrogen-bond acceptors (Lipinski definition) is 6. The molecule has 0 radical (unpaired) electrons. The van der Waals surface area contributed by atoms with Crippen LogP contribution in [0, 0.1) is 0 Å². The fourth-order valence-electron chi connectivity index (χ4n) is 3.20. The molecule has 1 aromatic rings. The van der Waals surface area contributed by atoms with Gasteiger partial charge in [-0.3, -0.25) is 14.5 Å². The van der Waals surface area contributed by atoms with Gasteiger partial charge in [0, 0.05) is 13.1 Å². The van der Waals surface area contributed by atoms with Crippen LogP contribution in [0.15, 0.2) is 24.3 Å². The summed E-state index contributed by atoms with van der Waals surface area (Å²) in [6.07, 6.45) is 1.96. The number of rotatable bonds is 6. The van der Waals surface area contributed by atoms with Crippen molar-refractivity contribution in [3.05, 3.63) is 29.8 Å². The highest BCUT2D eigenvalue weighted by Crippen LogP contribution is 2.26. The number of anilines is 1. The molecular weight excluding hydrogens is 336 g/mol. The van der Waals surface area contributed by atoms with Crippen LogP contribution in [0.3, 0.4) is 0 Å². The fourth-order valence-corrected chi connectivity index (χ4v) is 3.20. The topological polar surface area (TPSA) is 76.2 Å². The van der Waals surface area contributed by atoms with E-state index in [1.165, 1.54) is 4.90 Å². The summed E-state index contributed by atoms with van der Waals surface area (Å²) in [5.74, 6) is -0.824. The SMILES string of the molecule is CCCCOC(=O)c1ccc(N2C(=O)C[C@H](N3CCOCC3)C2=O)cc1. The zero-order valence-corrected chi connectivity index (χ0v) is 15.0. The van der Waals surface area contributed by atoms with E-state index >= 15 is 0 Å². The average molecular weight is 360 g/mol. The first-order valence-electron chi connectivity index (χ1n) is 9.07. The van der Waals surface area contributed by atoms with Crippen molar-refractivity contribution in [1.82, 2.24) is 4.90 Å². The summed E-state index contributed by atoms with van der Waals surface area (Å²) in [6, 6.07) is 5.99.